The molecule has 28 heavy (non-hydrogen) atoms. The van der Waals surface area contributed by atoms with E-state index in [2.05, 4.69) is 20.3 Å². The van der Waals surface area contributed by atoms with E-state index in [1.807, 2.05) is 20.8 Å². The second-order valence-electron chi connectivity index (χ2n) is 5.25. The van der Waals surface area contributed by atoms with E-state index >= 15 is 0 Å². The summed E-state index contributed by atoms with van der Waals surface area (Å²) in [7, 11) is 3.33. The highest BCUT2D eigenvalue weighted by atomic mass is 16.5. The van der Waals surface area contributed by atoms with Crippen LogP contribution in [0, 0.1) is 6.92 Å². The van der Waals surface area contributed by atoms with Crippen molar-refractivity contribution in [3.63, 3.8) is 0 Å². The van der Waals surface area contributed by atoms with Gasteiger partial charge in [-0.3, -0.25) is 9.98 Å². The summed E-state index contributed by atoms with van der Waals surface area (Å²) in [6.07, 6.45) is 3.22. The van der Waals surface area contributed by atoms with Crippen LogP contribution in [0.1, 0.15) is 36.7 Å². The molecule has 1 aromatic heterocycles. The molecule has 7 heteroatoms. The van der Waals surface area contributed by atoms with Crippen LogP contribution in [0.3, 0.4) is 0 Å². The summed E-state index contributed by atoms with van der Waals surface area (Å²) >= 11 is 0. The second kappa shape index (κ2) is 12.2. The van der Waals surface area contributed by atoms with Gasteiger partial charge in [0, 0.05) is 31.9 Å². The van der Waals surface area contributed by atoms with Gasteiger partial charge in [0.1, 0.15) is 23.2 Å². The minimum atomic E-state index is -0.366. The number of carbonyl (C=O) groups is 1. The second-order valence-corrected chi connectivity index (χ2v) is 5.25. The Morgan fingerprint density at radius 1 is 1.25 bits per heavy atom. The van der Waals surface area contributed by atoms with Crippen LogP contribution in [0.5, 0.6) is 11.5 Å². The highest BCUT2D eigenvalue weighted by Gasteiger charge is 2.14. The molecule has 1 N–H and O–H groups in total. The van der Waals surface area contributed by atoms with Gasteiger partial charge in [0.05, 0.1) is 18.4 Å². The standard InChI is InChI=1S/C19H22N4O3.C2H6/c1-5-25-19(24)15-7-6-8-16(13(15)2)26-14-9-10-22-17(11-14)23-18(21-4)12-20-3;1-2/h6-12H,5H2,1-4H3,(H,21,22,23);1-2H3. The minimum absolute atomic E-state index is 0.325. The number of esters is 1. The first-order valence-corrected chi connectivity index (χ1v) is 9.15. The molecule has 0 spiro atoms. The Bertz CT molecular complexity index is 832. The van der Waals surface area contributed by atoms with Gasteiger partial charge in [-0.05, 0) is 32.0 Å². The highest BCUT2D eigenvalue weighted by Crippen LogP contribution is 2.28. The van der Waals surface area contributed by atoms with Crippen molar-refractivity contribution >= 4 is 23.8 Å². The third kappa shape index (κ3) is 6.50. The molecule has 0 aliphatic rings. The first kappa shape index (κ1) is 22.8. The summed E-state index contributed by atoms with van der Waals surface area (Å²) in [5, 5.41) is 3.05. The molecule has 150 valence electrons. The predicted molar refractivity (Wildman–Crippen MR) is 114 cm³/mol. The maximum absolute atomic E-state index is 12.0. The fourth-order valence-corrected chi connectivity index (χ4v) is 2.22. The number of ether oxygens (including phenoxy) is 2. The number of hydrogen-bond acceptors (Lipinski definition) is 6. The molecule has 0 atom stereocenters. The Hall–Kier alpha value is -3.22. The van der Waals surface area contributed by atoms with Gasteiger partial charge in [-0.1, -0.05) is 19.9 Å². The maximum atomic E-state index is 12.0. The zero-order chi connectivity index (χ0) is 20.9. The first-order chi connectivity index (χ1) is 13.6. The Kier molecular flexibility index (Phi) is 9.96. The molecule has 0 bridgehead atoms. The van der Waals surface area contributed by atoms with Gasteiger partial charge >= 0.3 is 5.97 Å². The van der Waals surface area contributed by atoms with Gasteiger partial charge in [0.2, 0.25) is 0 Å². The number of nitrogens with zero attached hydrogens (tertiary/aromatic N) is 3. The molecule has 0 fully saturated rings. The molecule has 1 heterocycles. The summed E-state index contributed by atoms with van der Waals surface area (Å²) in [4.78, 5) is 24.3. The van der Waals surface area contributed by atoms with E-state index in [4.69, 9.17) is 9.47 Å². The molecule has 2 aromatic rings. The smallest absolute Gasteiger partial charge is 0.338 e. The number of pyridine rings is 1. The van der Waals surface area contributed by atoms with Crippen LogP contribution in [0.4, 0.5) is 5.82 Å². The Balaban J connectivity index is 0.00000190. The summed E-state index contributed by atoms with van der Waals surface area (Å²) in [5.41, 5.74) is 1.20. The largest absolute Gasteiger partial charge is 0.462 e. The van der Waals surface area contributed by atoms with Gasteiger partial charge in [0.25, 0.3) is 0 Å². The molecule has 0 saturated carbocycles. The van der Waals surface area contributed by atoms with Crippen molar-refractivity contribution in [3.8, 4) is 11.5 Å². The number of amidine groups is 1. The topological polar surface area (TPSA) is 85.2 Å². The SMILES string of the molecule is CC.CCOC(=O)c1cccc(Oc2ccnc(NC(C=NC)=NC)c2)c1C. The maximum Gasteiger partial charge on any atom is 0.338 e. The molecule has 0 radical (unpaired) electrons. The van der Waals surface area contributed by atoms with Crippen LogP contribution in [0.2, 0.25) is 0 Å². The Morgan fingerprint density at radius 3 is 2.64 bits per heavy atom. The van der Waals surface area contributed by atoms with E-state index in [1.165, 1.54) is 0 Å². The molecule has 0 unspecified atom stereocenters. The average Bonchev–Trinajstić information content (AvgIpc) is 2.71. The van der Waals surface area contributed by atoms with Crippen LogP contribution in [-0.4, -0.2) is 43.7 Å². The van der Waals surface area contributed by atoms with Crippen molar-refractivity contribution in [1.29, 1.82) is 0 Å². The Morgan fingerprint density at radius 2 is 2.00 bits per heavy atom. The summed E-state index contributed by atoms with van der Waals surface area (Å²) in [6.45, 7) is 7.92. The zero-order valence-electron chi connectivity index (χ0n) is 17.3. The van der Waals surface area contributed by atoms with Crippen molar-refractivity contribution in [3.05, 3.63) is 47.7 Å². The number of benzene rings is 1. The highest BCUT2D eigenvalue weighted by molar-refractivity contribution is 6.34. The zero-order valence-corrected chi connectivity index (χ0v) is 17.3. The molecule has 0 amide bonds. The van der Waals surface area contributed by atoms with Crippen molar-refractivity contribution in [1.82, 2.24) is 4.98 Å². The average molecular weight is 384 g/mol. The fraction of sp³-hybridized carbons (Fsp3) is 0.333. The van der Waals surface area contributed by atoms with Crippen LogP contribution in [0.25, 0.3) is 0 Å². The quantitative estimate of drug-likeness (QED) is 0.449. The van der Waals surface area contributed by atoms with Crippen molar-refractivity contribution in [2.75, 3.05) is 26.0 Å². The first-order valence-electron chi connectivity index (χ1n) is 9.15. The minimum Gasteiger partial charge on any atom is -0.462 e. The molecule has 0 aliphatic heterocycles. The Labute approximate surface area is 166 Å². The van der Waals surface area contributed by atoms with Crippen LogP contribution in [0.15, 0.2) is 46.5 Å². The molecule has 7 nitrogen and oxygen atoms in total. The molecule has 0 aliphatic carbocycles. The molecule has 2 rings (SSSR count). The van der Waals surface area contributed by atoms with Gasteiger partial charge in [-0.2, -0.15) is 0 Å². The lowest BCUT2D eigenvalue weighted by atomic mass is 10.1. The number of rotatable bonds is 6. The van der Waals surface area contributed by atoms with E-state index < -0.39 is 0 Å². The van der Waals surface area contributed by atoms with Crippen molar-refractivity contribution < 1.29 is 14.3 Å². The van der Waals surface area contributed by atoms with Gasteiger partial charge in [-0.15, -0.1) is 0 Å². The van der Waals surface area contributed by atoms with E-state index in [1.54, 1.807) is 63.8 Å². The lowest BCUT2D eigenvalue weighted by Crippen LogP contribution is -2.14. The predicted octanol–water partition coefficient (Wildman–Crippen LogP) is 4.53. The molecule has 0 saturated heterocycles. The fourth-order valence-electron chi connectivity index (χ4n) is 2.22. The normalized spacial score (nSPS) is 10.9. The number of carbonyl (C=O) groups excluding carboxylic acids is 1. The third-order valence-electron chi connectivity index (χ3n) is 3.49. The third-order valence-corrected chi connectivity index (χ3v) is 3.49. The summed E-state index contributed by atoms with van der Waals surface area (Å²) in [6, 6.07) is 8.75. The molecular formula is C21H28N4O3. The van der Waals surface area contributed by atoms with E-state index in [0.717, 1.165) is 0 Å². The van der Waals surface area contributed by atoms with Crippen LogP contribution in [-0.2, 0) is 4.74 Å². The van der Waals surface area contributed by atoms with E-state index in [0.29, 0.717) is 40.9 Å². The number of nitrogens with one attached hydrogen (secondary N) is 1. The van der Waals surface area contributed by atoms with Crippen LogP contribution < -0.4 is 10.1 Å². The lowest BCUT2D eigenvalue weighted by molar-refractivity contribution is 0.0525. The van der Waals surface area contributed by atoms with Crippen molar-refractivity contribution in [2.45, 2.75) is 27.7 Å². The van der Waals surface area contributed by atoms with Crippen LogP contribution >= 0.6 is 0 Å². The monoisotopic (exact) mass is 384 g/mol. The lowest BCUT2D eigenvalue weighted by Gasteiger charge is -2.12. The number of anilines is 1. The van der Waals surface area contributed by atoms with Gasteiger partial charge < -0.3 is 14.8 Å². The molecular weight excluding hydrogens is 356 g/mol. The van der Waals surface area contributed by atoms with Crippen molar-refractivity contribution in [2.24, 2.45) is 9.98 Å². The number of aromatic nitrogens is 1. The summed E-state index contributed by atoms with van der Waals surface area (Å²) in [5.74, 6) is 1.94. The van der Waals surface area contributed by atoms with Gasteiger partial charge in [0.15, 0.2) is 0 Å². The summed E-state index contributed by atoms with van der Waals surface area (Å²) < 4.78 is 11.0. The number of hydrogen-bond donors (Lipinski definition) is 1. The van der Waals surface area contributed by atoms with Gasteiger partial charge in [-0.25, -0.2) is 9.78 Å². The van der Waals surface area contributed by atoms with E-state index in [9.17, 15) is 4.79 Å². The van der Waals surface area contributed by atoms with E-state index in [-0.39, 0.29) is 5.97 Å². The molecule has 1 aromatic carbocycles. The number of aliphatic imine (C=N–C) groups is 2.